The van der Waals surface area contributed by atoms with Gasteiger partial charge in [-0.3, -0.25) is 0 Å². The summed E-state index contributed by atoms with van der Waals surface area (Å²) < 4.78 is 6.44. The van der Waals surface area contributed by atoms with E-state index in [9.17, 15) is 0 Å². The summed E-state index contributed by atoms with van der Waals surface area (Å²) in [5.41, 5.74) is 0. The lowest BCUT2D eigenvalue weighted by Gasteiger charge is -2.26. The van der Waals surface area contributed by atoms with Gasteiger partial charge in [0, 0.05) is 12.5 Å². The predicted molar refractivity (Wildman–Crippen MR) is 112 cm³/mol. The van der Waals surface area contributed by atoms with Crippen LogP contribution in [0.5, 0.6) is 0 Å². The molecular formula is C22H44OSi. The molecule has 0 rings (SSSR count). The Hall–Kier alpha value is -0.263. The van der Waals surface area contributed by atoms with Gasteiger partial charge in [0.2, 0.25) is 0 Å². The Morgan fingerprint density at radius 1 is 0.750 bits per heavy atom. The summed E-state index contributed by atoms with van der Waals surface area (Å²) in [6.07, 6.45) is 25.5. The van der Waals surface area contributed by atoms with Crippen LogP contribution in [-0.2, 0) is 4.43 Å². The summed E-state index contributed by atoms with van der Waals surface area (Å²) in [4.78, 5) is 0. The van der Waals surface area contributed by atoms with E-state index in [-0.39, 0.29) is 0 Å². The van der Waals surface area contributed by atoms with Crippen molar-refractivity contribution in [2.45, 2.75) is 129 Å². The van der Waals surface area contributed by atoms with Crippen molar-refractivity contribution in [2.24, 2.45) is 0 Å². The van der Waals surface area contributed by atoms with Crippen molar-refractivity contribution >= 4 is 8.32 Å². The molecule has 1 atom stereocenters. The molecule has 0 saturated heterocycles. The highest BCUT2D eigenvalue weighted by atomic mass is 28.4. The Bertz CT molecular complexity index is 300. The third kappa shape index (κ3) is 18.1. The smallest absolute Gasteiger partial charge is 0.184 e. The van der Waals surface area contributed by atoms with Crippen molar-refractivity contribution in [1.29, 1.82) is 0 Å². The minimum Gasteiger partial charge on any atom is -0.415 e. The Kier molecular flexibility index (Phi) is 16.0. The van der Waals surface area contributed by atoms with Gasteiger partial charge in [-0.1, -0.05) is 77.6 Å². The Morgan fingerprint density at radius 2 is 1.21 bits per heavy atom. The van der Waals surface area contributed by atoms with Gasteiger partial charge in [0.1, 0.15) is 0 Å². The zero-order chi connectivity index (χ0) is 18.1. The minimum absolute atomic E-state index is 0.518. The van der Waals surface area contributed by atoms with Crippen LogP contribution in [0.25, 0.3) is 0 Å². The highest BCUT2D eigenvalue weighted by Crippen LogP contribution is 2.20. The van der Waals surface area contributed by atoms with E-state index >= 15 is 0 Å². The largest absolute Gasteiger partial charge is 0.415 e. The fourth-order valence-corrected chi connectivity index (χ4v) is 4.46. The van der Waals surface area contributed by atoms with Crippen LogP contribution in [0.3, 0.4) is 0 Å². The number of unbranched alkanes of at least 4 members (excludes halogenated alkanes) is 11. The summed E-state index contributed by atoms with van der Waals surface area (Å²) in [7, 11) is -1.41. The highest BCUT2D eigenvalue weighted by molar-refractivity contribution is 6.69. The molecule has 0 aromatic carbocycles. The van der Waals surface area contributed by atoms with E-state index in [1.54, 1.807) is 0 Å². The maximum absolute atomic E-state index is 6.44. The van der Waals surface area contributed by atoms with Crippen LogP contribution in [0.1, 0.15) is 103 Å². The molecule has 0 aromatic heterocycles. The maximum atomic E-state index is 6.44. The lowest BCUT2D eigenvalue weighted by molar-refractivity contribution is 0.165. The maximum Gasteiger partial charge on any atom is 0.184 e. The Morgan fingerprint density at radius 3 is 1.67 bits per heavy atom. The van der Waals surface area contributed by atoms with Crippen LogP contribution in [0.15, 0.2) is 0 Å². The molecule has 0 fully saturated rings. The van der Waals surface area contributed by atoms with Crippen LogP contribution >= 0.6 is 0 Å². The van der Waals surface area contributed by atoms with Crippen molar-refractivity contribution in [3.8, 4) is 12.3 Å². The highest BCUT2D eigenvalue weighted by Gasteiger charge is 2.20. The van der Waals surface area contributed by atoms with E-state index in [1.807, 2.05) is 0 Å². The zero-order valence-corrected chi connectivity index (χ0v) is 18.2. The van der Waals surface area contributed by atoms with Crippen LogP contribution in [0.4, 0.5) is 0 Å². The second kappa shape index (κ2) is 16.2. The lowest BCUT2D eigenvalue weighted by Crippen LogP contribution is -2.32. The lowest BCUT2D eigenvalue weighted by atomic mass is 10.0. The Balaban J connectivity index is 3.78. The Labute approximate surface area is 154 Å². The predicted octanol–water partition coefficient (Wildman–Crippen LogP) is 7.71. The van der Waals surface area contributed by atoms with Crippen molar-refractivity contribution in [3.05, 3.63) is 0 Å². The van der Waals surface area contributed by atoms with Crippen molar-refractivity contribution in [3.63, 3.8) is 0 Å². The molecular weight excluding hydrogens is 308 g/mol. The molecule has 2 heteroatoms. The molecule has 0 saturated carbocycles. The first kappa shape index (κ1) is 23.7. The molecule has 0 aliphatic heterocycles. The first-order valence-electron chi connectivity index (χ1n) is 10.6. The average molecular weight is 353 g/mol. The van der Waals surface area contributed by atoms with Gasteiger partial charge >= 0.3 is 0 Å². The fraction of sp³-hybridized carbons (Fsp3) is 0.909. The van der Waals surface area contributed by atoms with E-state index in [2.05, 4.69) is 32.5 Å². The molecule has 0 spiro atoms. The van der Waals surface area contributed by atoms with E-state index < -0.39 is 8.32 Å². The molecule has 0 N–H and O–H groups in total. The molecule has 1 nitrogen and oxygen atoms in total. The monoisotopic (exact) mass is 352 g/mol. The van der Waals surface area contributed by atoms with Gasteiger partial charge in [0.25, 0.3) is 0 Å². The molecule has 1 unspecified atom stereocenters. The first-order chi connectivity index (χ1) is 11.5. The quantitative estimate of drug-likeness (QED) is 0.148. The summed E-state index contributed by atoms with van der Waals surface area (Å²) in [6, 6.07) is 0. The summed E-state index contributed by atoms with van der Waals surface area (Å²) in [5, 5.41) is 0. The summed E-state index contributed by atoms with van der Waals surface area (Å²) in [6.45, 7) is 9.26. The van der Waals surface area contributed by atoms with Crippen molar-refractivity contribution in [1.82, 2.24) is 0 Å². The topological polar surface area (TPSA) is 9.23 Å². The van der Waals surface area contributed by atoms with Crippen LogP contribution in [0.2, 0.25) is 19.6 Å². The van der Waals surface area contributed by atoms with Crippen LogP contribution in [-0.4, -0.2) is 14.4 Å². The molecule has 0 amide bonds. The third-order valence-corrected chi connectivity index (χ3v) is 5.54. The van der Waals surface area contributed by atoms with Gasteiger partial charge in [-0.05, 0) is 38.9 Å². The van der Waals surface area contributed by atoms with E-state index in [0.717, 1.165) is 6.42 Å². The minimum atomic E-state index is -1.41. The van der Waals surface area contributed by atoms with Gasteiger partial charge in [-0.15, -0.1) is 12.3 Å². The third-order valence-electron chi connectivity index (χ3n) is 4.50. The number of hydrogen-bond donors (Lipinski definition) is 0. The molecule has 0 bridgehead atoms. The van der Waals surface area contributed by atoms with Gasteiger partial charge in [0.05, 0.1) is 0 Å². The molecule has 142 valence electrons. The summed E-state index contributed by atoms with van der Waals surface area (Å²) >= 11 is 0. The molecule has 0 aliphatic rings. The second-order valence-corrected chi connectivity index (χ2v) is 12.7. The molecule has 0 radical (unpaired) electrons. The van der Waals surface area contributed by atoms with E-state index in [4.69, 9.17) is 10.8 Å². The van der Waals surface area contributed by atoms with E-state index in [0.29, 0.717) is 6.10 Å². The van der Waals surface area contributed by atoms with Crippen LogP contribution in [0, 0.1) is 12.3 Å². The molecule has 24 heavy (non-hydrogen) atoms. The SMILES string of the molecule is C#CCCCCCCCCC(CCCCCCCC)O[Si](C)(C)C. The van der Waals surface area contributed by atoms with Crippen molar-refractivity contribution in [2.75, 3.05) is 0 Å². The van der Waals surface area contributed by atoms with E-state index in [1.165, 1.54) is 89.9 Å². The van der Waals surface area contributed by atoms with Gasteiger partial charge in [-0.25, -0.2) is 0 Å². The fourth-order valence-electron chi connectivity index (χ4n) is 3.22. The molecule has 0 aliphatic carbocycles. The standard InChI is InChI=1S/C22H44OSi/c1-6-8-10-12-14-15-17-19-21-22(23-24(3,4)5)20-18-16-13-11-9-7-2/h1,22H,7-21H2,2-5H3. The normalized spacial score (nSPS) is 13.0. The molecule has 0 heterocycles. The van der Waals surface area contributed by atoms with Crippen LogP contribution < -0.4 is 0 Å². The zero-order valence-electron chi connectivity index (χ0n) is 17.2. The van der Waals surface area contributed by atoms with Gasteiger partial charge < -0.3 is 4.43 Å². The van der Waals surface area contributed by atoms with Crippen molar-refractivity contribution < 1.29 is 4.43 Å². The number of hydrogen-bond acceptors (Lipinski definition) is 1. The average Bonchev–Trinajstić information content (AvgIpc) is 2.51. The second-order valence-electron chi connectivity index (χ2n) is 8.27. The summed E-state index contributed by atoms with van der Waals surface area (Å²) in [5.74, 6) is 2.73. The number of terminal acetylenes is 1. The van der Waals surface area contributed by atoms with Gasteiger partial charge in [-0.2, -0.15) is 0 Å². The first-order valence-corrected chi connectivity index (χ1v) is 14.0. The van der Waals surface area contributed by atoms with Gasteiger partial charge in [0.15, 0.2) is 8.32 Å². The number of rotatable bonds is 17. The molecule has 0 aromatic rings.